The van der Waals surface area contributed by atoms with Crippen LogP contribution in [0.2, 0.25) is 0 Å². The molecule has 0 saturated carbocycles. The lowest BCUT2D eigenvalue weighted by molar-refractivity contribution is -0.384. The Morgan fingerprint density at radius 1 is 1.15 bits per heavy atom. The number of hydrogen-bond donors (Lipinski definition) is 0. The first-order valence-electron chi connectivity index (χ1n) is 5.91. The van der Waals surface area contributed by atoms with Gasteiger partial charge in [0, 0.05) is 17.7 Å². The highest BCUT2D eigenvalue weighted by Crippen LogP contribution is 2.39. The monoisotopic (exact) mass is 273 g/mol. The molecule has 6 nitrogen and oxygen atoms in total. The molecule has 0 N–H and O–H groups in total. The lowest BCUT2D eigenvalue weighted by Gasteiger charge is -2.09. The Morgan fingerprint density at radius 3 is 2.70 bits per heavy atom. The molecule has 3 rings (SSSR count). The van der Waals surface area contributed by atoms with Gasteiger partial charge in [0.2, 0.25) is 6.79 Å². The Hall–Kier alpha value is -2.76. The molecule has 102 valence electrons. The zero-order chi connectivity index (χ0) is 14.1. The maximum atomic E-state index is 10.9. The van der Waals surface area contributed by atoms with Crippen LogP contribution in [-0.4, -0.2) is 18.8 Å². The summed E-state index contributed by atoms with van der Waals surface area (Å²) in [5.41, 5.74) is 1.42. The molecule has 0 saturated heterocycles. The molecule has 0 spiro atoms. The normalized spacial score (nSPS) is 12.2. The predicted molar refractivity (Wildman–Crippen MR) is 71.2 cm³/mol. The van der Waals surface area contributed by atoms with Crippen LogP contribution in [0.4, 0.5) is 5.69 Å². The van der Waals surface area contributed by atoms with Crippen molar-refractivity contribution in [3.8, 4) is 28.4 Å². The standard InChI is InChI=1S/C14H11NO5/c1-18-12-5-3-10(15(16)17)7-11(12)9-2-4-13-14(6-9)20-8-19-13/h2-7H,8H2,1H3. The number of fused-ring (bicyclic) bond motifs is 1. The summed E-state index contributed by atoms with van der Waals surface area (Å²) < 4.78 is 15.8. The van der Waals surface area contributed by atoms with Gasteiger partial charge in [-0.2, -0.15) is 0 Å². The SMILES string of the molecule is COc1ccc([N+](=O)[O-])cc1-c1ccc2c(c1)OCO2. The average Bonchev–Trinajstić information content (AvgIpc) is 2.93. The Bertz CT molecular complexity index is 683. The van der Waals surface area contributed by atoms with E-state index in [0.29, 0.717) is 22.8 Å². The van der Waals surface area contributed by atoms with E-state index in [0.717, 1.165) is 5.56 Å². The Kier molecular flexibility index (Phi) is 2.90. The number of nitro groups is 1. The summed E-state index contributed by atoms with van der Waals surface area (Å²) in [4.78, 5) is 10.5. The van der Waals surface area contributed by atoms with Gasteiger partial charge >= 0.3 is 0 Å². The first kappa shape index (κ1) is 12.3. The van der Waals surface area contributed by atoms with Gasteiger partial charge in [0.05, 0.1) is 12.0 Å². The smallest absolute Gasteiger partial charge is 0.270 e. The van der Waals surface area contributed by atoms with Crippen LogP contribution < -0.4 is 14.2 Å². The molecule has 0 amide bonds. The number of ether oxygens (including phenoxy) is 3. The maximum absolute atomic E-state index is 10.9. The molecule has 0 aromatic heterocycles. The van der Waals surface area contributed by atoms with Crippen molar-refractivity contribution in [2.24, 2.45) is 0 Å². The molecule has 1 aliphatic rings. The fourth-order valence-corrected chi connectivity index (χ4v) is 2.10. The molecule has 0 bridgehead atoms. The van der Waals surface area contributed by atoms with E-state index >= 15 is 0 Å². The highest BCUT2D eigenvalue weighted by molar-refractivity contribution is 5.75. The molecular formula is C14H11NO5. The van der Waals surface area contributed by atoms with Crippen molar-refractivity contribution in [3.05, 3.63) is 46.5 Å². The number of rotatable bonds is 3. The second-order valence-electron chi connectivity index (χ2n) is 4.21. The summed E-state index contributed by atoms with van der Waals surface area (Å²) >= 11 is 0. The van der Waals surface area contributed by atoms with Crippen molar-refractivity contribution in [2.75, 3.05) is 13.9 Å². The highest BCUT2D eigenvalue weighted by atomic mass is 16.7. The van der Waals surface area contributed by atoms with Crippen molar-refractivity contribution in [1.82, 2.24) is 0 Å². The minimum atomic E-state index is -0.435. The van der Waals surface area contributed by atoms with Gasteiger partial charge < -0.3 is 14.2 Å². The molecule has 20 heavy (non-hydrogen) atoms. The maximum Gasteiger partial charge on any atom is 0.270 e. The number of benzene rings is 2. The molecule has 0 aliphatic carbocycles. The van der Waals surface area contributed by atoms with Crippen LogP contribution in [0.3, 0.4) is 0 Å². The largest absolute Gasteiger partial charge is 0.496 e. The second-order valence-corrected chi connectivity index (χ2v) is 4.21. The molecule has 2 aromatic rings. The van der Waals surface area contributed by atoms with E-state index in [-0.39, 0.29) is 12.5 Å². The molecule has 2 aromatic carbocycles. The van der Waals surface area contributed by atoms with Crippen molar-refractivity contribution in [1.29, 1.82) is 0 Å². The van der Waals surface area contributed by atoms with Gasteiger partial charge in [-0.3, -0.25) is 10.1 Å². The first-order chi connectivity index (χ1) is 9.69. The van der Waals surface area contributed by atoms with Crippen molar-refractivity contribution < 1.29 is 19.1 Å². The molecule has 0 atom stereocenters. The highest BCUT2D eigenvalue weighted by Gasteiger charge is 2.17. The third kappa shape index (κ3) is 2.01. The molecule has 0 fully saturated rings. The Balaban J connectivity index is 2.12. The number of hydrogen-bond acceptors (Lipinski definition) is 5. The van der Waals surface area contributed by atoms with Gasteiger partial charge in [0.1, 0.15) is 5.75 Å². The van der Waals surface area contributed by atoms with E-state index in [2.05, 4.69) is 0 Å². The van der Waals surface area contributed by atoms with Crippen LogP contribution in [0.5, 0.6) is 17.2 Å². The van der Waals surface area contributed by atoms with Gasteiger partial charge in [-0.15, -0.1) is 0 Å². The fourth-order valence-electron chi connectivity index (χ4n) is 2.10. The zero-order valence-electron chi connectivity index (χ0n) is 10.7. The van der Waals surface area contributed by atoms with Crippen molar-refractivity contribution in [3.63, 3.8) is 0 Å². The number of nitro benzene ring substituents is 1. The van der Waals surface area contributed by atoms with Gasteiger partial charge in [0.25, 0.3) is 5.69 Å². The number of nitrogens with zero attached hydrogens (tertiary/aromatic N) is 1. The van der Waals surface area contributed by atoms with Crippen LogP contribution >= 0.6 is 0 Å². The average molecular weight is 273 g/mol. The first-order valence-corrected chi connectivity index (χ1v) is 5.91. The van der Waals surface area contributed by atoms with Crippen LogP contribution in [0, 0.1) is 10.1 Å². The van der Waals surface area contributed by atoms with Crippen molar-refractivity contribution in [2.45, 2.75) is 0 Å². The van der Waals surface area contributed by atoms with Gasteiger partial charge in [0.15, 0.2) is 11.5 Å². The van der Waals surface area contributed by atoms with E-state index in [4.69, 9.17) is 14.2 Å². The Labute approximate surface area is 114 Å². The lowest BCUT2D eigenvalue weighted by Crippen LogP contribution is -1.93. The van der Waals surface area contributed by atoms with Gasteiger partial charge in [-0.05, 0) is 23.8 Å². The molecular weight excluding hydrogens is 262 g/mol. The fraction of sp³-hybridized carbons (Fsp3) is 0.143. The van der Waals surface area contributed by atoms with Crippen LogP contribution in [0.1, 0.15) is 0 Å². The second kappa shape index (κ2) is 4.73. The van der Waals surface area contributed by atoms with Crippen LogP contribution in [0.25, 0.3) is 11.1 Å². The molecule has 0 unspecified atom stereocenters. The Morgan fingerprint density at radius 2 is 1.95 bits per heavy atom. The molecule has 1 aliphatic heterocycles. The van der Waals surface area contributed by atoms with Crippen LogP contribution in [0.15, 0.2) is 36.4 Å². The topological polar surface area (TPSA) is 70.8 Å². The summed E-state index contributed by atoms with van der Waals surface area (Å²) in [6.07, 6.45) is 0. The molecule has 1 heterocycles. The quantitative estimate of drug-likeness (QED) is 0.635. The third-order valence-corrected chi connectivity index (χ3v) is 3.08. The van der Waals surface area contributed by atoms with Crippen molar-refractivity contribution >= 4 is 5.69 Å². The van der Waals surface area contributed by atoms with E-state index in [9.17, 15) is 10.1 Å². The summed E-state index contributed by atoms with van der Waals surface area (Å²) in [5, 5.41) is 10.9. The van der Waals surface area contributed by atoms with E-state index in [1.165, 1.54) is 19.2 Å². The summed E-state index contributed by atoms with van der Waals surface area (Å²) in [6.45, 7) is 0.185. The van der Waals surface area contributed by atoms with E-state index < -0.39 is 4.92 Å². The summed E-state index contributed by atoms with van der Waals surface area (Å²) in [6, 6.07) is 9.85. The zero-order valence-corrected chi connectivity index (χ0v) is 10.7. The van der Waals surface area contributed by atoms with Gasteiger partial charge in [-0.25, -0.2) is 0 Å². The summed E-state index contributed by atoms with van der Waals surface area (Å²) in [7, 11) is 1.53. The minimum Gasteiger partial charge on any atom is -0.496 e. The van der Waals surface area contributed by atoms with Crippen LogP contribution in [-0.2, 0) is 0 Å². The molecule has 6 heteroatoms. The third-order valence-electron chi connectivity index (χ3n) is 3.08. The molecule has 0 radical (unpaired) electrons. The van der Waals surface area contributed by atoms with E-state index in [1.54, 1.807) is 18.2 Å². The predicted octanol–water partition coefficient (Wildman–Crippen LogP) is 3.00. The lowest BCUT2D eigenvalue weighted by atomic mass is 10.0. The minimum absolute atomic E-state index is 0.0125. The van der Waals surface area contributed by atoms with E-state index in [1.807, 2.05) is 6.07 Å². The number of methoxy groups -OCH3 is 1. The number of non-ortho nitro benzene ring substituents is 1. The summed E-state index contributed by atoms with van der Waals surface area (Å²) in [5.74, 6) is 1.85. The van der Waals surface area contributed by atoms with Gasteiger partial charge in [-0.1, -0.05) is 6.07 Å².